The van der Waals surface area contributed by atoms with Crippen LogP contribution in [0.4, 0.5) is 10.1 Å². The number of halogens is 1. The van der Waals surface area contributed by atoms with Gasteiger partial charge in [-0.05, 0) is 49.2 Å². The van der Waals surface area contributed by atoms with Crippen LogP contribution in [0.2, 0.25) is 0 Å². The lowest BCUT2D eigenvalue weighted by Gasteiger charge is -2.10. The van der Waals surface area contributed by atoms with Gasteiger partial charge in [0.05, 0.1) is 46.3 Å². The van der Waals surface area contributed by atoms with Gasteiger partial charge in [-0.2, -0.15) is 10.4 Å². The third-order valence-electron chi connectivity index (χ3n) is 5.54. The molecule has 34 heavy (non-hydrogen) atoms. The van der Waals surface area contributed by atoms with Crippen molar-refractivity contribution in [2.45, 2.75) is 26.8 Å². The van der Waals surface area contributed by atoms with Gasteiger partial charge in [0.2, 0.25) is 5.91 Å². The van der Waals surface area contributed by atoms with Crippen molar-refractivity contribution >= 4 is 28.4 Å². The molecule has 0 aliphatic rings. The summed E-state index contributed by atoms with van der Waals surface area (Å²) in [5.74, 6) is -1.85. The van der Waals surface area contributed by atoms with Crippen molar-refractivity contribution < 1.29 is 14.0 Å². The Morgan fingerprint density at radius 3 is 2.56 bits per heavy atom. The van der Waals surface area contributed by atoms with E-state index >= 15 is 0 Å². The number of hydrogen-bond donors (Lipinski definition) is 2. The number of nitrogens with two attached hydrogens (primary N) is 1. The molecule has 0 saturated carbocycles. The molecule has 2 aromatic carbocycles. The number of nitriles is 1. The van der Waals surface area contributed by atoms with Crippen LogP contribution < -0.4 is 11.1 Å². The Balaban J connectivity index is 1.67. The molecule has 0 bridgehead atoms. The fourth-order valence-corrected chi connectivity index (χ4v) is 3.73. The van der Waals surface area contributed by atoms with Crippen molar-refractivity contribution in [3.05, 3.63) is 88.1 Å². The number of primary amides is 1. The number of hydrogen-bond acceptors (Lipinski definition) is 5. The normalized spacial score (nSPS) is 10.8. The predicted octanol–water partition coefficient (Wildman–Crippen LogP) is 3.71. The Hall–Kier alpha value is -4.58. The van der Waals surface area contributed by atoms with Gasteiger partial charge in [0.25, 0.3) is 5.91 Å². The van der Waals surface area contributed by atoms with Crippen LogP contribution in [0.5, 0.6) is 0 Å². The molecular formula is C25H21FN6O2. The molecule has 0 radical (unpaired) electrons. The second-order valence-corrected chi connectivity index (χ2v) is 7.76. The first-order chi connectivity index (χ1) is 16.3. The number of benzene rings is 2. The maximum Gasteiger partial charge on any atom is 0.274 e. The number of carbonyl (C=O) groups excluding carboxylic acids is 2. The largest absolute Gasteiger partial charge is 0.366 e. The number of nitrogens with zero attached hydrogens (tertiary/aromatic N) is 4. The smallest absolute Gasteiger partial charge is 0.274 e. The highest BCUT2D eigenvalue weighted by Gasteiger charge is 2.20. The first-order valence-corrected chi connectivity index (χ1v) is 10.6. The summed E-state index contributed by atoms with van der Waals surface area (Å²) >= 11 is 0. The number of nitrogens with one attached hydrogen (secondary N) is 1. The van der Waals surface area contributed by atoms with E-state index in [-0.39, 0.29) is 16.8 Å². The highest BCUT2D eigenvalue weighted by atomic mass is 19.1. The summed E-state index contributed by atoms with van der Waals surface area (Å²) in [6, 6.07) is 14.3. The molecule has 0 atom stereocenters. The van der Waals surface area contributed by atoms with Gasteiger partial charge in [-0.15, -0.1) is 0 Å². The average molecular weight is 456 g/mol. The molecule has 0 fully saturated rings. The van der Waals surface area contributed by atoms with Gasteiger partial charge in [-0.3, -0.25) is 14.3 Å². The first kappa shape index (κ1) is 22.6. The second kappa shape index (κ2) is 9.11. The van der Waals surface area contributed by atoms with Crippen LogP contribution in [-0.2, 0) is 13.0 Å². The molecule has 170 valence electrons. The van der Waals surface area contributed by atoms with Gasteiger partial charge in [-0.1, -0.05) is 19.1 Å². The zero-order valence-electron chi connectivity index (χ0n) is 18.6. The van der Waals surface area contributed by atoms with Gasteiger partial charge in [0, 0.05) is 11.5 Å². The number of aryl methyl sites for hydroxylation is 1. The van der Waals surface area contributed by atoms with E-state index in [2.05, 4.69) is 21.5 Å². The molecule has 0 saturated heterocycles. The molecule has 0 unspecified atom stereocenters. The minimum Gasteiger partial charge on any atom is -0.366 e. The Labute approximate surface area is 194 Å². The van der Waals surface area contributed by atoms with E-state index in [4.69, 9.17) is 11.0 Å². The molecule has 2 aromatic heterocycles. The molecule has 8 nitrogen and oxygen atoms in total. The molecule has 9 heteroatoms. The lowest BCUT2D eigenvalue weighted by Crippen LogP contribution is -2.18. The van der Waals surface area contributed by atoms with Crippen LogP contribution in [0.15, 0.2) is 48.5 Å². The molecule has 3 N–H and O–H groups in total. The van der Waals surface area contributed by atoms with Crippen molar-refractivity contribution in [2.24, 2.45) is 5.73 Å². The van der Waals surface area contributed by atoms with E-state index in [9.17, 15) is 14.0 Å². The third kappa shape index (κ3) is 4.34. The first-order valence-electron chi connectivity index (χ1n) is 10.6. The summed E-state index contributed by atoms with van der Waals surface area (Å²) in [5, 5.41) is 16.8. The van der Waals surface area contributed by atoms with Crippen LogP contribution in [0.3, 0.4) is 0 Å². The summed E-state index contributed by atoms with van der Waals surface area (Å²) in [6.45, 7) is 4.22. The number of carbonyl (C=O) groups is 2. The molecule has 4 rings (SSSR count). The van der Waals surface area contributed by atoms with Crippen molar-refractivity contribution in [2.75, 3.05) is 5.32 Å². The summed E-state index contributed by atoms with van der Waals surface area (Å²) in [5.41, 5.74) is 9.14. The monoisotopic (exact) mass is 456 g/mol. The van der Waals surface area contributed by atoms with E-state index in [1.54, 1.807) is 16.8 Å². The van der Waals surface area contributed by atoms with Crippen LogP contribution in [0.25, 0.3) is 10.9 Å². The molecule has 0 spiro atoms. The Bertz CT molecular complexity index is 1470. The number of amides is 2. The van der Waals surface area contributed by atoms with Crippen LogP contribution in [0, 0.1) is 24.1 Å². The number of aromatic nitrogens is 3. The van der Waals surface area contributed by atoms with E-state index in [1.165, 1.54) is 18.2 Å². The summed E-state index contributed by atoms with van der Waals surface area (Å²) in [4.78, 5) is 29.3. The van der Waals surface area contributed by atoms with Crippen LogP contribution in [-0.4, -0.2) is 26.6 Å². The molecule has 0 aliphatic carbocycles. The van der Waals surface area contributed by atoms with Crippen molar-refractivity contribution in [1.29, 1.82) is 5.26 Å². The second-order valence-electron chi connectivity index (χ2n) is 7.76. The minimum absolute atomic E-state index is 0.0619. The molecule has 0 aliphatic heterocycles. The fraction of sp³-hybridized carbons (Fsp3) is 0.160. The van der Waals surface area contributed by atoms with E-state index in [0.717, 1.165) is 17.3 Å². The fourth-order valence-electron chi connectivity index (χ4n) is 3.73. The Kier molecular flexibility index (Phi) is 6.06. The van der Waals surface area contributed by atoms with Gasteiger partial charge < -0.3 is 11.1 Å². The lowest BCUT2D eigenvalue weighted by molar-refractivity contribution is 0.100. The highest BCUT2D eigenvalue weighted by molar-refractivity contribution is 6.10. The number of anilines is 1. The van der Waals surface area contributed by atoms with Gasteiger partial charge >= 0.3 is 0 Å². The number of fused-ring (bicyclic) bond motifs is 1. The maximum absolute atomic E-state index is 13.7. The zero-order valence-corrected chi connectivity index (χ0v) is 18.6. The molecular weight excluding hydrogens is 435 g/mol. The highest BCUT2D eigenvalue weighted by Crippen LogP contribution is 2.24. The zero-order chi connectivity index (χ0) is 24.4. The average Bonchev–Trinajstić information content (AvgIpc) is 3.12. The molecule has 4 aromatic rings. The number of rotatable bonds is 6. The minimum atomic E-state index is -0.742. The predicted molar refractivity (Wildman–Crippen MR) is 125 cm³/mol. The lowest BCUT2D eigenvalue weighted by atomic mass is 10.1. The topological polar surface area (TPSA) is 127 Å². The Morgan fingerprint density at radius 2 is 1.91 bits per heavy atom. The van der Waals surface area contributed by atoms with E-state index < -0.39 is 17.6 Å². The van der Waals surface area contributed by atoms with E-state index in [0.29, 0.717) is 35.3 Å². The van der Waals surface area contributed by atoms with Gasteiger partial charge in [0.1, 0.15) is 11.5 Å². The van der Waals surface area contributed by atoms with Crippen LogP contribution >= 0.6 is 0 Å². The third-order valence-corrected chi connectivity index (χ3v) is 5.54. The molecule has 2 amide bonds. The SMILES string of the molecule is CCc1nn(Cc2ccc(C#N)cc2)c(C)c1NC(=O)c1cc(C(N)=O)c2ccc(F)cc2n1. The summed E-state index contributed by atoms with van der Waals surface area (Å²) in [6.07, 6.45) is 0.569. The molecule has 2 heterocycles. The quantitative estimate of drug-likeness (QED) is 0.457. The summed E-state index contributed by atoms with van der Waals surface area (Å²) < 4.78 is 15.5. The van der Waals surface area contributed by atoms with Crippen LogP contribution in [0.1, 0.15) is 50.3 Å². The van der Waals surface area contributed by atoms with E-state index in [1.807, 2.05) is 26.0 Å². The maximum atomic E-state index is 13.7. The van der Waals surface area contributed by atoms with Gasteiger partial charge in [-0.25, -0.2) is 9.37 Å². The summed E-state index contributed by atoms with van der Waals surface area (Å²) in [7, 11) is 0. The number of pyridine rings is 1. The Morgan fingerprint density at radius 1 is 1.18 bits per heavy atom. The van der Waals surface area contributed by atoms with Gasteiger partial charge in [0.15, 0.2) is 0 Å². The van der Waals surface area contributed by atoms with Crippen molar-refractivity contribution in [1.82, 2.24) is 14.8 Å². The standard InChI is InChI=1S/C25H21FN6O2/c1-3-20-23(14(2)32(31-20)13-16-6-4-15(12-27)5-7-16)30-25(34)22-11-19(24(28)33)18-9-8-17(26)10-21(18)29-22/h4-11H,3,13H2,1-2H3,(H2,28,33)(H,30,34). The van der Waals surface area contributed by atoms with Crippen molar-refractivity contribution in [3.63, 3.8) is 0 Å². The van der Waals surface area contributed by atoms with Crippen molar-refractivity contribution in [3.8, 4) is 6.07 Å².